The van der Waals surface area contributed by atoms with E-state index in [1.54, 1.807) is 6.07 Å². The van der Waals surface area contributed by atoms with E-state index in [2.05, 4.69) is 0 Å². The second kappa shape index (κ2) is 6.71. The fourth-order valence-corrected chi connectivity index (χ4v) is 3.44. The Balaban J connectivity index is 1.70. The summed E-state index contributed by atoms with van der Waals surface area (Å²) in [5, 5.41) is 0.694. The average Bonchev–Trinajstić information content (AvgIpc) is 2.55. The predicted molar refractivity (Wildman–Crippen MR) is 90.0 cm³/mol. The molecule has 1 heterocycles. The Morgan fingerprint density at radius 3 is 2.87 bits per heavy atom. The molecule has 2 aromatic carbocycles. The van der Waals surface area contributed by atoms with Crippen LogP contribution in [0, 0.1) is 5.82 Å². The van der Waals surface area contributed by atoms with Crippen LogP contribution in [0.3, 0.4) is 0 Å². The molecule has 3 rings (SSSR count). The largest absolute Gasteiger partial charge is 0.336 e. The van der Waals surface area contributed by atoms with Gasteiger partial charge in [-0.15, -0.1) is 0 Å². The van der Waals surface area contributed by atoms with Gasteiger partial charge in [0.05, 0.1) is 6.04 Å². The molecule has 0 radical (unpaired) electrons. The second-order valence-electron chi connectivity index (χ2n) is 5.95. The lowest BCUT2D eigenvalue weighted by Crippen LogP contribution is -2.39. The first kappa shape index (κ1) is 16.0. The SMILES string of the molecule is CC1c2cc(F)ccc2CCN1C(=O)CCc1ccccc1Cl. The van der Waals surface area contributed by atoms with E-state index < -0.39 is 0 Å². The van der Waals surface area contributed by atoms with Gasteiger partial charge in [0.25, 0.3) is 0 Å². The van der Waals surface area contributed by atoms with Crippen molar-refractivity contribution in [3.05, 3.63) is 70.0 Å². The van der Waals surface area contributed by atoms with E-state index in [0.717, 1.165) is 23.1 Å². The maximum absolute atomic E-state index is 13.5. The molecule has 1 aliphatic rings. The van der Waals surface area contributed by atoms with E-state index in [4.69, 9.17) is 11.6 Å². The van der Waals surface area contributed by atoms with Crippen LogP contribution in [0.15, 0.2) is 42.5 Å². The lowest BCUT2D eigenvalue weighted by molar-refractivity contribution is -0.133. The molecule has 4 heteroatoms. The number of aryl methyl sites for hydroxylation is 1. The summed E-state index contributed by atoms with van der Waals surface area (Å²) in [7, 11) is 0. The van der Waals surface area contributed by atoms with Crippen molar-refractivity contribution in [1.29, 1.82) is 0 Å². The number of fused-ring (bicyclic) bond motifs is 1. The molecule has 0 aromatic heterocycles. The maximum Gasteiger partial charge on any atom is 0.223 e. The Morgan fingerprint density at radius 1 is 1.30 bits per heavy atom. The molecule has 0 aliphatic carbocycles. The number of hydrogen-bond acceptors (Lipinski definition) is 1. The molecule has 0 N–H and O–H groups in total. The summed E-state index contributed by atoms with van der Waals surface area (Å²) in [6, 6.07) is 12.4. The van der Waals surface area contributed by atoms with Crippen molar-refractivity contribution in [1.82, 2.24) is 4.90 Å². The molecule has 120 valence electrons. The van der Waals surface area contributed by atoms with Crippen molar-refractivity contribution in [2.75, 3.05) is 6.54 Å². The number of nitrogens with zero attached hydrogens (tertiary/aromatic N) is 1. The van der Waals surface area contributed by atoms with Gasteiger partial charge in [0.1, 0.15) is 5.82 Å². The standard InChI is InChI=1S/C19H19ClFNO/c1-13-17-12-16(21)8-6-14(17)10-11-22(13)19(23)9-7-15-4-2-3-5-18(15)20/h2-6,8,12-13H,7,9-11H2,1H3. The van der Waals surface area contributed by atoms with Crippen molar-refractivity contribution < 1.29 is 9.18 Å². The summed E-state index contributed by atoms with van der Waals surface area (Å²) in [5.74, 6) is -0.159. The first-order valence-electron chi connectivity index (χ1n) is 7.87. The fourth-order valence-electron chi connectivity index (χ4n) is 3.21. The third kappa shape index (κ3) is 3.40. The molecule has 0 bridgehead atoms. The summed E-state index contributed by atoms with van der Waals surface area (Å²) < 4.78 is 13.5. The highest BCUT2D eigenvalue weighted by Gasteiger charge is 2.27. The summed E-state index contributed by atoms with van der Waals surface area (Å²) in [6.07, 6.45) is 1.81. The Hall–Kier alpha value is -1.87. The highest BCUT2D eigenvalue weighted by molar-refractivity contribution is 6.31. The Kier molecular flexibility index (Phi) is 4.67. The van der Waals surface area contributed by atoms with Crippen LogP contribution in [0.2, 0.25) is 5.02 Å². The highest BCUT2D eigenvalue weighted by Crippen LogP contribution is 2.30. The van der Waals surface area contributed by atoms with Crippen molar-refractivity contribution in [2.24, 2.45) is 0 Å². The quantitative estimate of drug-likeness (QED) is 0.807. The van der Waals surface area contributed by atoms with Crippen LogP contribution in [0.25, 0.3) is 0 Å². The molecule has 1 atom stereocenters. The third-order valence-corrected chi connectivity index (χ3v) is 4.90. The van der Waals surface area contributed by atoms with E-state index in [1.807, 2.05) is 42.2 Å². The lowest BCUT2D eigenvalue weighted by atomic mass is 9.93. The first-order valence-corrected chi connectivity index (χ1v) is 8.25. The number of rotatable bonds is 3. The van der Waals surface area contributed by atoms with Gasteiger partial charge in [-0.25, -0.2) is 4.39 Å². The lowest BCUT2D eigenvalue weighted by Gasteiger charge is -2.35. The van der Waals surface area contributed by atoms with Gasteiger partial charge in [-0.2, -0.15) is 0 Å². The molecular formula is C19H19ClFNO. The summed E-state index contributed by atoms with van der Waals surface area (Å²) in [6.45, 7) is 2.64. The van der Waals surface area contributed by atoms with Crippen LogP contribution in [0.4, 0.5) is 4.39 Å². The Bertz CT molecular complexity index is 731. The van der Waals surface area contributed by atoms with Gasteiger partial charge in [0.15, 0.2) is 0 Å². The predicted octanol–water partition coefficient (Wildman–Crippen LogP) is 4.56. The molecule has 2 nitrogen and oxygen atoms in total. The Labute approximate surface area is 140 Å². The molecule has 0 spiro atoms. The minimum absolute atomic E-state index is 0.0896. The smallest absolute Gasteiger partial charge is 0.223 e. The summed E-state index contributed by atoms with van der Waals surface area (Å²) in [4.78, 5) is 14.4. The van der Waals surface area contributed by atoms with Crippen LogP contribution in [0.5, 0.6) is 0 Å². The summed E-state index contributed by atoms with van der Waals surface area (Å²) >= 11 is 6.14. The van der Waals surface area contributed by atoms with Crippen LogP contribution in [-0.4, -0.2) is 17.4 Å². The second-order valence-corrected chi connectivity index (χ2v) is 6.35. The minimum Gasteiger partial charge on any atom is -0.336 e. The molecule has 0 saturated heterocycles. The Morgan fingerprint density at radius 2 is 2.09 bits per heavy atom. The molecule has 1 aliphatic heterocycles. The van der Waals surface area contributed by atoms with Gasteiger partial charge in [-0.1, -0.05) is 35.9 Å². The van der Waals surface area contributed by atoms with E-state index >= 15 is 0 Å². The minimum atomic E-state index is -0.249. The maximum atomic E-state index is 13.5. The fraction of sp³-hybridized carbons (Fsp3) is 0.316. The first-order chi connectivity index (χ1) is 11.1. The van der Waals surface area contributed by atoms with Crippen molar-refractivity contribution >= 4 is 17.5 Å². The number of benzene rings is 2. The summed E-state index contributed by atoms with van der Waals surface area (Å²) in [5.41, 5.74) is 3.04. The van der Waals surface area contributed by atoms with Crippen LogP contribution in [-0.2, 0) is 17.6 Å². The molecule has 1 unspecified atom stereocenters. The number of carbonyl (C=O) groups excluding carboxylic acids is 1. The van der Waals surface area contributed by atoms with Gasteiger partial charge < -0.3 is 4.90 Å². The topological polar surface area (TPSA) is 20.3 Å². The molecule has 1 amide bonds. The number of amides is 1. The molecule has 0 saturated carbocycles. The zero-order valence-electron chi connectivity index (χ0n) is 13.1. The van der Waals surface area contributed by atoms with Gasteiger partial charge in [-0.3, -0.25) is 4.79 Å². The van der Waals surface area contributed by atoms with Gasteiger partial charge in [0, 0.05) is 18.0 Å². The third-order valence-electron chi connectivity index (χ3n) is 4.53. The van der Waals surface area contributed by atoms with Crippen molar-refractivity contribution in [2.45, 2.75) is 32.2 Å². The molecule has 2 aromatic rings. The zero-order valence-corrected chi connectivity index (χ0v) is 13.8. The van der Waals surface area contributed by atoms with Gasteiger partial charge >= 0.3 is 0 Å². The van der Waals surface area contributed by atoms with Gasteiger partial charge in [-0.05, 0) is 54.7 Å². The number of hydrogen-bond donors (Lipinski definition) is 0. The molecular weight excluding hydrogens is 313 g/mol. The normalized spacial score (nSPS) is 17.0. The van der Waals surface area contributed by atoms with Crippen LogP contribution in [0.1, 0.15) is 36.1 Å². The van der Waals surface area contributed by atoms with E-state index in [9.17, 15) is 9.18 Å². The zero-order chi connectivity index (χ0) is 16.4. The van der Waals surface area contributed by atoms with Crippen molar-refractivity contribution in [3.8, 4) is 0 Å². The number of carbonyl (C=O) groups is 1. The highest BCUT2D eigenvalue weighted by atomic mass is 35.5. The van der Waals surface area contributed by atoms with Crippen LogP contribution >= 0.6 is 11.6 Å². The number of halogens is 2. The molecule has 23 heavy (non-hydrogen) atoms. The average molecular weight is 332 g/mol. The van der Waals surface area contributed by atoms with E-state index in [0.29, 0.717) is 24.4 Å². The molecule has 0 fully saturated rings. The van der Waals surface area contributed by atoms with E-state index in [1.165, 1.54) is 6.07 Å². The van der Waals surface area contributed by atoms with Gasteiger partial charge in [0.2, 0.25) is 5.91 Å². The van der Waals surface area contributed by atoms with Crippen LogP contribution < -0.4 is 0 Å². The van der Waals surface area contributed by atoms with Crippen molar-refractivity contribution in [3.63, 3.8) is 0 Å². The van der Waals surface area contributed by atoms with E-state index in [-0.39, 0.29) is 17.8 Å². The monoisotopic (exact) mass is 331 g/mol.